The van der Waals surface area contributed by atoms with Crippen LogP contribution in [0.15, 0.2) is 44.7 Å². The Bertz CT molecular complexity index is 1300. The van der Waals surface area contributed by atoms with Crippen LogP contribution in [0, 0.1) is 0 Å². The molecule has 0 aliphatic carbocycles. The first kappa shape index (κ1) is 19.1. The van der Waals surface area contributed by atoms with Gasteiger partial charge in [0.25, 0.3) is 5.56 Å². The summed E-state index contributed by atoms with van der Waals surface area (Å²) in [5.41, 5.74) is 0.445. The summed E-state index contributed by atoms with van der Waals surface area (Å²) in [6, 6.07) is 6.82. The summed E-state index contributed by atoms with van der Waals surface area (Å²) in [5, 5.41) is 14.8. The van der Waals surface area contributed by atoms with Crippen LogP contribution < -0.4 is 11.2 Å². The summed E-state index contributed by atoms with van der Waals surface area (Å²) in [4.78, 5) is 33.2. The molecular weight excluding hydrogens is 400 g/mol. The number of imidazole rings is 1. The maximum atomic E-state index is 12.7. The molecule has 0 saturated carbocycles. The van der Waals surface area contributed by atoms with Gasteiger partial charge in [0, 0.05) is 25.5 Å². The van der Waals surface area contributed by atoms with Crippen LogP contribution in [0.4, 0.5) is 0 Å². The quantitative estimate of drug-likeness (QED) is 0.510. The fourth-order valence-electron chi connectivity index (χ4n) is 3.09. The minimum atomic E-state index is -0.822. The van der Waals surface area contributed by atoms with Crippen molar-refractivity contribution in [2.45, 2.75) is 19.1 Å². The molecule has 1 aromatic carbocycles. The number of halogens is 1. The third-order valence-corrected chi connectivity index (χ3v) is 4.92. The number of hydrogen-bond acceptors (Lipinski definition) is 7. The summed E-state index contributed by atoms with van der Waals surface area (Å²) in [7, 11) is 3.07. The molecule has 4 rings (SSSR count). The highest BCUT2D eigenvalue weighted by Crippen LogP contribution is 2.19. The number of hydrogen-bond donors (Lipinski definition) is 1. The van der Waals surface area contributed by atoms with Gasteiger partial charge in [-0.3, -0.25) is 18.5 Å². The second kappa shape index (κ2) is 7.30. The number of rotatable bonds is 5. The van der Waals surface area contributed by atoms with Crippen LogP contribution >= 0.6 is 11.6 Å². The molecule has 11 heteroatoms. The van der Waals surface area contributed by atoms with E-state index in [1.165, 1.54) is 27.1 Å². The molecule has 1 atom stereocenters. The molecule has 0 fully saturated rings. The fraction of sp³-hybridized carbons (Fsp3) is 0.278. The first-order valence-corrected chi connectivity index (χ1v) is 9.09. The van der Waals surface area contributed by atoms with Gasteiger partial charge in [-0.15, -0.1) is 0 Å². The number of fused-ring (bicyclic) bond motifs is 1. The largest absolute Gasteiger partial charge is 0.388 e. The van der Waals surface area contributed by atoms with Gasteiger partial charge in [-0.25, -0.2) is 9.78 Å². The molecule has 3 aromatic heterocycles. The van der Waals surface area contributed by atoms with E-state index in [0.29, 0.717) is 22.1 Å². The number of benzene rings is 1. The van der Waals surface area contributed by atoms with Gasteiger partial charge in [0.05, 0.1) is 6.10 Å². The summed E-state index contributed by atoms with van der Waals surface area (Å²) in [5.74, 6) is 0.490. The van der Waals surface area contributed by atoms with Crippen LogP contribution in [0.5, 0.6) is 0 Å². The molecule has 0 saturated heterocycles. The number of aliphatic hydroxyl groups excluding tert-OH is 1. The Balaban J connectivity index is 1.56. The summed E-state index contributed by atoms with van der Waals surface area (Å²) in [6.45, 7) is -0.00506. The minimum Gasteiger partial charge on any atom is -0.388 e. The summed E-state index contributed by atoms with van der Waals surface area (Å²) < 4.78 is 9.04. The van der Waals surface area contributed by atoms with Crippen molar-refractivity contribution < 1.29 is 9.63 Å². The highest BCUT2D eigenvalue weighted by molar-refractivity contribution is 6.30. The molecule has 0 aliphatic rings. The van der Waals surface area contributed by atoms with E-state index in [-0.39, 0.29) is 30.1 Å². The summed E-state index contributed by atoms with van der Waals surface area (Å²) >= 11 is 5.85. The van der Waals surface area contributed by atoms with Gasteiger partial charge < -0.3 is 9.63 Å². The average molecular weight is 417 g/mol. The van der Waals surface area contributed by atoms with Crippen LogP contribution in [0.2, 0.25) is 5.02 Å². The summed E-state index contributed by atoms with van der Waals surface area (Å²) in [6.07, 6.45) is 0.651. The van der Waals surface area contributed by atoms with E-state index < -0.39 is 11.7 Å². The molecule has 3 heterocycles. The van der Waals surface area contributed by atoms with Crippen LogP contribution in [0.1, 0.15) is 23.4 Å². The first-order valence-electron chi connectivity index (χ1n) is 8.71. The molecule has 4 aromatic rings. The number of aromatic nitrogens is 6. The van der Waals surface area contributed by atoms with Crippen molar-refractivity contribution >= 4 is 22.8 Å². The predicted octanol–water partition coefficient (Wildman–Crippen LogP) is 0.795. The molecule has 150 valence electrons. The van der Waals surface area contributed by atoms with Crippen LogP contribution in [0.3, 0.4) is 0 Å². The second-order valence-electron chi connectivity index (χ2n) is 6.63. The topological polar surface area (TPSA) is 121 Å². The van der Waals surface area contributed by atoms with Gasteiger partial charge in [-0.05, 0) is 17.7 Å². The van der Waals surface area contributed by atoms with E-state index >= 15 is 0 Å². The Morgan fingerprint density at radius 1 is 1.17 bits per heavy atom. The van der Waals surface area contributed by atoms with Crippen molar-refractivity contribution in [2.24, 2.45) is 14.1 Å². The average Bonchev–Trinajstić information content (AvgIpc) is 3.23. The number of aliphatic hydroxyl groups is 1. The van der Waals surface area contributed by atoms with Gasteiger partial charge in [-0.2, -0.15) is 4.98 Å². The molecule has 0 bridgehead atoms. The Hall–Kier alpha value is -3.24. The Morgan fingerprint density at radius 3 is 2.62 bits per heavy atom. The third kappa shape index (κ3) is 3.47. The van der Waals surface area contributed by atoms with E-state index in [2.05, 4.69) is 15.1 Å². The van der Waals surface area contributed by atoms with Gasteiger partial charge in [0.1, 0.15) is 12.9 Å². The SMILES string of the molecule is Cn1c(=O)n(C)c2c(=O)n(Cc3nc(CC(O)c4ccc(Cl)cc4)no3)cnc21. The van der Waals surface area contributed by atoms with E-state index in [9.17, 15) is 14.7 Å². The lowest BCUT2D eigenvalue weighted by atomic mass is 10.1. The zero-order chi connectivity index (χ0) is 20.7. The van der Waals surface area contributed by atoms with Crippen molar-refractivity contribution in [2.75, 3.05) is 0 Å². The predicted molar refractivity (Wildman–Crippen MR) is 104 cm³/mol. The van der Waals surface area contributed by atoms with Gasteiger partial charge in [-0.1, -0.05) is 28.9 Å². The Kier molecular flexibility index (Phi) is 4.81. The highest BCUT2D eigenvalue weighted by atomic mass is 35.5. The number of nitrogens with zero attached hydrogens (tertiary/aromatic N) is 6. The third-order valence-electron chi connectivity index (χ3n) is 4.67. The molecule has 10 nitrogen and oxygen atoms in total. The van der Waals surface area contributed by atoms with E-state index in [4.69, 9.17) is 16.1 Å². The number of aryl methyl sites for hydroxylation is 2. The lowest BCUT2D eigenvalue weighted by Crippen LogP contribution is -2.24. The molecule has 29 heavy (non-hydrogen) atoms. The van der Waals surface area contributed by atoms with Crippen molar-refractivity contribution in [1.82, 2.24) is 28.8 Å². The van der Waals surface area contributed by atoms with E-state index in [1.807, 2.05) is 0 Å². The van der Waals surface area contributed by atoms with E-state index in [0.717, 1.165) is 0 Å². The van der Waals surface area contributed by atoms with Crippen molar-refractivity contribution in [3.05, 3.63) is 73.7 Å². The fourth-order valence-corrected chi connectivity index (χ4v) is 3.22. The van der Waals surface area contributed by atoms with Crippen molar-refractivity contribution in [1.29, 1.82) is 0 Å². The smallest absolute Gasteiger partial charge is 0.329 e. The van der Waals surface area contributed by atoms with Crippen molar-refractivity contribution in [3.8, 4) is 0 Å². The second-order valence-corrected chi connectivity index (χ2v) is 7.06. The molecular formula is C18H17ClN6O4. The maximum absolute atomic E-state index is 12.7. The van der Waals surface area contributed by atoms with Gasteiger partial charge >= 0.3 is 5.69 Å². The maximum Gasteiger partial charge on any atom is 0.329 e. The highest BCUT2D eigenvalue weighted by Gasteiger charge is 2.17. The zero-order valence-electron chi connectivity index (χ0n) is 15.6. The molecule has 0 amide bonds. The zero-order valence-corrected chi connectivity index (χ0v) is 16.4. The van der Waals surface area contributed by atoms with Crippen molar-refractivity contribution in [3.63, 3.8) is 0 Å². The Labute approximate surface area is 168 Å². The minimum absolute atomic E-state index is 0.00506. The molecule has 0 aliphatic heterocycles. The molecule has 0 radical (unpaired) electrons. The molecule has 1 N–H and O–H groups in total. The standard InChI is InChI=1S/C18H17ClN6O4/c1-23-15-16(24(2)18(23)28)20-9-25(17(15)27)8-14-21-13(22-29-14)7-12(26)10-3-5-11(19)6-4-10/h3-6,9,12,26H,7-8H2,1-2H3. The molecule has 0 spiro atoms. The normalized spacial score (nSPS) is 12.6. The van der Waals surface area contributed by atoms with Gasteiger partial charge in [0.2, 0.25) is 5.89 Å². The Morgan fingerprint density at radius 2 is 1.90 bits per heavy atom. The van der Waals surface area contributed by atoms with E-state index in [1.54, 1.807) is 31.3 Å². The molecule has 1 unspecified atom stereocenters. The van der Waals surface area contributed by atoms with Crippen LogP contribution in [-0.2, 0) is 27.1 Å². The lowest BCUT2D eigenvalue weighted by molar-refractivity contribution is 0.174. The van der Waals surface area contributed by atoms with Crippen LogP contribution in [0.25, 0.3) is 11.2 Å². The lowest BCUT2D eigenvalue weighted by Gasteiger charge is -2.08. The first-order chi connectivity index (χ1) is 13.8. The van der Waals surface area contributed by atoms with Gasteiger partial charge in [0.15, 0.2) is 17.0 Å². The van der Waals surface area contributed by atoms with Crippen LogP contribution in [-0.4, -0.2) is 33.9 Å². The monoisotopic (exact) mass is 416 g/mol.